The number of nitrogens with two attached hydrogens (primary N) is 1. The summed E-state index contributed by atoms with van der Waals surface area (Å²) < 4.78 is 5.35. The van der Waals surface area contributed by atoms with Crippen molar-refractivity contribution in [2.45, 2.75) is 12.8 Å². The third-order valence-corrected chi connectivity index (χ3v) is 4.89. The molecule has 1 saturated heterocycles. The largest absolute Gasteiger partial charge is 0.497 e. The lowest BCUT2D eigenvalue weighted by Crippen LogP contribution is -2.20. The number of nitrogens with one attached hydrogen (secondary N) is 1. The van der Waals surface area contributed by atoms with Crippen LogP contribution in [0, 0.1) is 0 Å². The van der Waals surface area contributed by atoms with Crippen LogP contribution < -0.4 is 20.7 Å². The number of anilines is 4. The van der Waals surface area contributed by atoms with Crippen LogP contribution in [0.15, 0.2) is 36.4 Å². The Bertz CT molecular complexity index is 956. The van der Waals surface area contributed by atoms with E-state index in [4.69, 9.17) is 27.1 Å². The van der Waals surface area contributed by atoms with Crippen molar-refractivity contribution < 1.29 is 4.74 Å². The highest BCUT2D eigenvalue weighted by Crippen LogP contribution is 2.31. The number of halogens is 1. The minimum Gasteiger partial charge on any atom is -0.497 e. The molecule has 0 spiro atoms. The number of hydrogen-bond donors (Lipinski definition) is 2. The molecule has 0 aliphatic carbocycles. The molecule has 1 aromatic heterocycles. The molecule has 26 heavy (non-hydrogen) atoms. The first kappa shape index (κ1) is 16.7. The maximum atomic E-state index is 6.00. The van der Waals surface area contributed by atoms with Gasteiger partial charge in [-0.3, -0.25) is 0 Å². The molecule has 6 nitrogen and oxygen atoms in total. The molecule has 1 fully saturated rings. The van der Waals surface area contributed by atoms with Gasteiger partial charge in [0, 0.05) is 30.2 Å². The Hall–Kier alpha value is -2.73. The zero-order valence-corrected chi connectivity index (χ0v) is 15.3. The fraction of sp³-hybridized carbons (Fsp3) is 0.263. The summed E-state index contributed by atoms with van der Waals surface area (Å²) in [5.74, 6) is 2.24. The van der Waals surface area contributed by atoms with Gasteiger partial charge in [0.2, 0.25) is 5.95 Å². The molecule has 0 atom stereocenters. The second-order valence-corrected chi connectivity index (χ2v) is 6.72. The number of fused-ring (bicyclic) bond motifs is 1. The molecule has 3 aromatic rings. The molecule has 1 aliphatic rings. The first-order valence-corrected chi connectivity index (χ1v) is 8.94. The van der Waals surface area contributed by atoms with Gasteiger partial charge in [0.1, 0.15) is 11.6 Å². The van der Waals surface area contributed by atoms with Crippen LogP contribution in [-0.4, -0.2) is 30.2 Å². The van der Waals surface area contributed by atoms with Gasteiger partial charge in [0.05, 0.1) is 23.3 Å². The number of benzene rings is 2. The predicted molar refractivity (Wildman–Crippen MR) is 107 cm³/mol. The lowest BCUT2D eigenvalue weighted by molar-refractivity contribution is 0.415. The normalized spacial score (nSPS) is 14.0. The second-order valence-electron chi connectivity index (χ2n) is 6.31. The van der Waals surface area contributed by atoms with Gasteiger partial charge in [0.15, 0.2) is 0 Å². The molecule has 2 heterocycles. The van der Waals surface area contributed by atoms with Crippen LogP contribution >= 0.6 is 11.6 Å². The standard InChI is InChI=1S/C19H20ClN5O/c1-26-13-5-6-14-17(11-13)23-19(24-18(14)25-8-2-3-9-25)22-12-4-7-15(20)16(21)10-12/h4-7,10-11H,2-3,8-9,21H2,1H3,(H,22,23,24). The summed E-state index contributed by atoms with van der Waals surface area (Å²) in [4.78, 5) is 11.7. The molecule has 2 aromatic carbocycles. The van der Waals surface area contributed by atoms with Crippen LogP contribution in [0.1, 0.15) is 12.8 Å². The summed E-state index contributed by atoms with van der Waals surface area (Å²) in [5, 5.41) is 4.78. The maximum Gasteiger partial charge on any atom is 0.229 e. The number of rotatable bonds is 4. The third kappa shape index (κ3) is 3.20. The van der Waals surface area contributed by atoms with Crippen molar-refractivity contribution in [3.05, 3.63) is 41.4 Å². The Morgan fingerprint density at radius 3 is 2.65 bits per heavy atom. The van der Waals surface area contributed by atoms with Crippen LogP contribution in [0.25, 0.3) is 10.9 Å². The van der Waals surface area contributed by atoms with Crippen LogP contribution in [0.2, 0.25) is 5.02 Å². The van der Waals surface area contributed by atoms with Crippen molar-refractivity contribution in [2.75, 3.05) is 36.1 Å². The van der Waals surface area contributed by atoms with Crippen LogP contribution in [-0.2, 0) is 0 Å². The number of aromatic nitrogens is 2. The lowest BCUT2D eigenvalue weighted by atomic mass is 10.2. The number of ether oxygens (including phenoxy) is 1. The predicted octanol–water partition coefficient (Wildman–Crippen LogP) is 4.22. The minimum atomic E-state index is 0.513. The molecular formula is C19H20ClN5O. The second kappa shape index (κ2) is 6.88. The van der Waals surface area contributed by atoms with Gasteiger partial charge in [0.25, 0.3) is 0 Å². The quantitative estimate of drug-likeness (QED) is 0.670. The van der Waals surface area contributed by atoms with Gasteiger partial charge in [-0.15, -0.1) is 0 Å². The Morgan fingerprint density at radius 1 is 1.12 bits per heavy atom. The van der Waals surface area contributed by atoms with E-state index in [0.717, 1.165) is 41.2 Å². The zero-order chi connectivity index (χ0) is 18.1. The number of nitrogen functional groups attached to an aromatic ring is 1. The smallest absolute Gasteiger partial charge is 0.229 e. The molecule has 3 N–H and O–H groups in total. The molecule has 0 radical (unpaired) electrons. The van der Waals surface area contributed by atoms with Crippen molar-refractivity contribution in [2.24, 2.45) is 0 Å². The summed E-state index contributed by atoms with van der Waals surface area (Å²) in [6, 6.07) is 11.3. The summed E-state index contributed by atoms with van der Waals surface area (Å²) in [6.45, 7) is 2.01. The molecule has 0 unspecified atom stereocenters. The van der Waals surface area contributed by atoms with Crippen LogP contribution in [0.4, 0.5) is 23.1 Å². The average molecular weight is 370 g/mol. The lowest BCUT2D eigenvalue weighted by Gasteiger charge is -2.20. The average Bonchev–Trinajstić information content (AvgIpc) is 3.18. The fourth-order valence-corrected chi connectivity index (χ4v) is 3.31. The molecule has 4 rings (SSSR count). The van der Waals surface area contributed by atoms with Gasteiger partial charge in [-0.25, -0.2) is 4.98 Å². The molecule has 0 bridgehead atoms. The van der Waals surface area contributed by atoms with E-state index in [2.05, 4.69) is 15.2 Å². The summed E-state index contributed by atoms with van der Waals surface area (Å²) in [5.41, 5.74) is 8.04. The Kier molecular flexibility index (Phi) is 4.42. The van der Waals surface area contributed by atoms with E-state index in [1.165, 1.54) is 12.8 Å². The van der Waals surface area contributed by atoms with E-state index in [0.29, 0.717) is 16.7 Å². The van der Waals surface area contributed by atoms with Gasteiger partial charge >= 0.3 is 0 Å². The van der Waals surface area contributed by atoms with Gasteiger partial charge in [-0.2, -0.15) is 4.98 Å². The topological polar surface area (TPSA) is 76.3 Å². The highest BCUT2D eigenvalue weighted by atomic mass is 35.5. The minimum absolute atomic E-state index is 0.513. The monoisotopic (exact) mass is 369 g/mol. The van der Waals surface area contributed by atoms with E-state index in [9.17, 15) is 0 Å². The van der Waals surface area contributed by atoms with Crippen molar-refractivity contribution in [1.82, 2.24) is 9.97 Å². The highest BCUT2D eigenvalue weighted by Gasteiger charge is 2.18. The first-order valence-electron chi connectivity index (χ1n) is 8.57. The van der Waals surface area contributed by atoms with Crippen molar-refractivity contribution in [1.29, 1.82) is 0 Å². The van der Waals surface area contributed by atoms with Crippen molar-refractivity contribution in [3.8, 4) is 5.75 Å². The van der Waals surface area contributed by atoms with Crippen molar-refractivity contribution in [3.63, 3.8) is 0 Å². The van der Waals surface area contributed by atoms with E-state index >= 15 is 0 Å². The summed E-state index contributed by atoms with van der Waals surface area (Å²) >= 11 is 6.00. The van der Waals surface area contributed by atoms with Crippen LogP contribution in [0.5, 0.6) is 5.75 Å². The van der Waals surface area contributed by atoms with E-state index in [1.807, 2.05) is 24.3 Å². The SMILES string of the molecule is COc1ccc2c(N3CCCC3)nc(Nc3ccc(Cl)c(N)c3)nc2c1. The Balaban J connectivity index is 1.79. The fourth-order valence-electron chi connectivity index (χ4n) is 3.20. The Labute approximate surface area is 156 Å². The zero-order valence-electron chi connectivity index (χ0n) is 14.5. The van der Waals surface area contributed by atoms with E-state index in [-0.39, 0.29) is 0 Å². The number of methoxy groups -OCH3 is 1. The summed E-state index contributed by atoms with van der Waals surface area (Å²) in [7, 11) is 1.65. The molecule has 0 amide bonds. The molecular weight excluding hydrogens is 350 g/mol. The maximum absolute atomic E-state index is 6.00. The highest BCUT2D eigenvalue weighted by molar-refractivity contribution is 6.33. The van der Waals surface area contributed by atoms with Crippen LogP contribution in [0.3, 0.4) is 0 Å². The van der Waals surface area contributed by atoms with E-state index < -0.39 is 0 Å². The summed E-state index contributed by atoms with van der Waals surface area (Å²) in [6.07, 6.45) is 2.36. The molecule has 0 saturated carbocycles. The van der Waals surface area contributed by atoms with Gasteiger partial charge in [-0.1, -0.05) is 11.6 Å². The Morgan fingerprint density at radius 2 is 1.92 bits per heavy atom. The van der Waals surface area contributed by atoms with Crippen molar-refractivity contribution >= 4 is 45.6 Å². The first-order chi connectivity index (χ1) is 12.6. The molecule has 1 aliphatic heterocycles. The third-order valence-electron chi connectivity index (χ3n) is 4.54. The number of hydrogen-bond acceptors (Lipinski definition) is 6. The van der Waals surface area contributed by atoms with Gasteiger partial charge in [-0.05, 0) is 43.2 Å². The van der Waals surface area contributed by atoms with E-state index in [1.54, 1.807) is 19.2 Å². The molecule has 134 valence electrons. The molecule has 7 heteroatoms. The number of nitrogens with zero attached hydrogens (tertiary/aromatic N) is 3. The van der Waals surface area contributed by atoms with Gasteiger partial charge < -0.3 is 20.7 Å².